The van der Waals surface area contributed by atoms with Crippen molar-refractivity contribution in [3.8, 4) is 0 Å². The fourth-order valence-corrected chi connectivity index (χ4v) is 7.45. The van der Waals surface area contributed by atoms with Gasteiger partial charge in [0.05, 0.1) is 6.61 Å². The van der Waals surface area contributed by atoms with E-state index in [-0.39, 0.29) is 25.2 Å². The zero-order valence-corrected chi connectivity index (χ0v) is 42.9. The third kappa shape index (κ3) is 53.2. The minimum atomic E-state index is -0.783. The molecule has 0 radical (unpaired) electrons. The zero-order valence-electron chi connectivity index (χ0n) is 42.9. The molecule has 0 spiro atoms. The first-order chi connectivity index (χ1) is 32.6. The second kappa shape index (κ2) is 55.9. The zero-order chi connectivity index (χ0) is 47.7. The van der Waals surface area contributed by atoms with Gasteiger partial charge in [-0.3, -0.25) is 9.59 Å². The van der Waals surface area contributed by atoms with Gasteiger partial charge in [0.1, 0.15) is 6.61 Å². The number of hydrogen-bond donors (Lipinski definition) is 1. The molecule has 0 saturated heterocycles. The fraction of sp³-hybridized carbons (Fsp3) is 0.672. The molecule has 0 rings (SSSR count). The highest BCUT2D eigenvalue weighted by atomic mass is 16.6. The van der Waals surface area contributed by atoms with Crippen molar-refractivity contribution in [2.24, 2.45) is 0 Å². The van der Waals surface area contributed by atoms with E-state index in [1.165, 1.54) is 122 Å². The van der Waals surface area contributed by atoms with E-state index in [2.05, 4.69) is 123 Å². The summed E-state index contributed by atoms with van der Waals surface area (Å²) in [6.45, 7) is 3.99. The van der Waals surface area contributed by atoms with Gasteiger partial charge in [-0.05, 0) is 103 Å². The standard InChI is InChI=1S/C61H102O5/c1-3-5-7-9-11-13-15-17-19-20-21-22-23-24-25-26-27-28-29-30-31-32-33-34-35-36-37-38-39-40-42-44-46-48-50-52-54-56-61(64)66-59(57-62)58-65-60(63)55-53-51-49-47-45-43-41-18-16-14-12-10-8-6-4-2/h5,7,11-14,17-19,21-22,24-25,27-28,30-31,41,59,62H,3-4,6,8-10,15-16,20,23,26,29,32-40,42-58H2,1-2H3/b7-5-,13-11-,14-12-,19-17-,22-21-,25-24-,28-27-,31-30-,41-18-. The number of carbonyl (C=O) groups is 2. The molecule has 0 aromatic heterocycles. The molecule has 0 bridgehead atoms. The third-order valence-corrected chi connectivity index (χ3v) is 11.6. The summed E-state index contributed by atoms with van der Waals surface area (Å²) < 4.78 is 10.7. The molecule has 0 aromatic carbocycles. The van der Waals surface area contributed by atoms with Crippen molar-refractivity contribution in [1.29, 1.82) is 0 Å². The van der Waals surface area contributed by atoms with Gasteiger partial charge in [-0.1, -0.05) is 239 Å². The summed E-state index contributed by atoms with van der Waals surface area (Å²) in [5.74, 6) is -0.607. The van der Waals surface area contributed by atoms with Crippen LogP contribution in [0, 0.1) is 0 Å². The molecular formula is C61H102O5. The Bertz CT molecular complexity index is 1310. The normalized spacial score (nSPS) is 13.1. The Kier molecular flexibility index (Phi) is 53.0. The monoisotopic (exact) mass is 915 g/mol. The van der Waals surface area contributed by atoms with Crippen LogP contribution in [0.25, 0.3) is 0 Å². The average molecular weight is 915 g/mol. The molecule has 0 fully saturated rings. The molecule has 1 N–H and O–H groups in total. The summed E-state index contributed by atoms with van der Waals surface area (Å²) in [6, 6.07) is 0. The van der Waals surface area contributed by atoms with Gasteiger partial charge in [-0.15, -0.1) is 0 Å². The number of esters is 2. The predicted molar refractivity (Wildman–Crippen MR) is 288 cm³/mol. The van der Waals surface area contributed by atoms with Crippen molar-refractivity contribution >= 4 is 11.9 Å². The number of rotatable bonds is 49. The maximum atomic E-state index is 12.3. The molecule has 0 aliphatic rings. The maximum absolute atomic E-state index is 12.3. The van der Waals surface area contributed by atoms with Crippen molar-refractivity contribution < 1.29 is 24.2 Å². The highest BCUT2D eigenvalue weighted by Crippen LogP contribution is 2.15. The summed E-state index contributed by atoms with van der Waals surface area (Å²) >= 11 is 0. The molecule has 5 heteroatoms. The Morgan fingerprint density at radius 2 is 0.652 bits per heavy atom. The topological polar surface area (TPSA) is 72.8 Å². The second-order valence-electron chi connectivity index (χ2n) is 17.9. The molecule has 0 aliphatic heterocycles. The molecule has 1 unspecified atom stereocenters. The van der Waals surface area contributed by atoms with Crippen LogP contribution in [0.15, 0.2) is 109 Å². The fourth-order valence-electron chi connectivity index (χ4n) is 7.45. The molecule has 66 heavy (non-hydrogen) atoms. The number of carbonyl (C=O) groups excluding carboxylic acids is 2. The number of ether oxygens (including phenoxy) is 2. The minimum Gasteiger partial charge on any atom is -0.462 e. The van der Waals surface area contributed by atoms with Gasteiger partial charge >= 0.3 is 11.9 Å². The SMILES string of the molecule is CC/C=C\C/C=C\C/C=C\C/C=C\C/C=C\C/C=C\C/C=C\CCCCCCCCCCCCCCCCCC(=O)OC(CO)COC(=O)CCCCCCC/C=C\C/C=C\CCCCC. The van der Waals surface area contributed by atoms with Crippen molar-refractivity contribution in [3.05, 3.63) is 109 Å². The number of aliphatic hydroxyl groups excluding tert-OH is 1. The van der Waals surface area contributed by atoms with E-state index < -0.39 is 6.10 Å². The van der Waals surface area contributed by atoms with E-state index >= 15 is 0 Å². The van der Waals surface area contributed by atoms with E-state index in [1.54, 1.807) is 0 Å². The van der Waals surface area contributed by atoms with Crippen LogP contribution < -0.4 is 0 Å². The van der Waals surface area contributed by atoms with E-state index in [0.717, 1.165) is 96.3 Å². The largest absolute Gasteiger partial charge is 0.462 e. The lowest BCUT2D eigenvalue weighted by Crippen LogP contribution is -2.28. The average Bonchev–Trinajstić information content (AvgIpc) is 3.32. The molecule has 0 saturated carbocycles. The van der Waals surface area contributed by atoms with Gasteiger partial charge in [-0.25, -0.2) is 0 Å². The first kappa shape index (κ1) is 62.6. The second-order valence-corrected chi connectivity index (χ2v) is 17.9. The Hall–Kier alpha value is -3.44. The summed E-state index contributed by atoms with van der Waals surface area (Å²) in [5, 5.41) is 9.62. The lowest BCUT2D eigenvalue weighted by Gasteiger charge is -2.15. The van der Waals surface area contributed by atoms with E-state index in [0.29, 0.717) is 12.8 Å². The number of hydrogen-bond acceptors (Lipinski definition) is 5. The Balaban J connectivity index is 3.51. The van der Waals surface area contributed by atoms with Crippen LogP contribution in [0.5, 0.6) is 0 Å². The lowest BCUT2D eigenvalue weighted by atomic mass is 10.0. The van der Waals surface area contributed by atoms with Crippen molar-refractivity contribution in [3.63, 3.8) is 0 Å². The van der Waals surface area contributed by atoms with Crippen molar-refractivity contribution in [1.82, 2.24) is 0 Å². The van der Waals surface area contributed by atoms with E-state index in [9.17, 15) is 14.7 Å². The number of allylic oxidation sites excluding steroid dienone is 18. The Morgan fingerprint density at radius 3 is 0.985 bits per heavy atom. The summed E-state index contributed by atoms with van der Waals surface area (Å²) in [5.41, 5.74) is 0. The molecular weight excluding hydrogens is 813 g/mol. The van der Waals surface area contributed by atoms with Crippen LogP contribution in [0.1, 0.15) is 245 Å². The van der Waals surface area contributed by atoms with Crippen LogP contribution in [-0.2, 0) is 19.1 Å². The van der Waals surface area contributed by atoms with Crippen LogP contribution in [0.3, 0.4) is 0 Å². The van der Waals surface area contributed by atoms with Gasteiger partial charge < -0.3 is 14.6 Å². The highest BCUT2D eigenvalue weighted by molar-refractivity contribution is 5.70. The van der Waals surface area contributed by atoms with Crippen LogP contribution in [-0.4, -0.2) is 36.4 Å². The van der Waals surface area contributed by atoms with Gasteiger partial charge in [0, 0.05) is 12.8 Å². The molecule has 1 atom stereocenters. The Morgan fingerprint density at radius 1 is 0.364 bits per heavy atom. The molecule has 0 heterocycles. The molecule has 376 valence electrons. The van der Waals surface area contributed by atoms with Gasteiger partial charge in [0.15, 0.2) is 6.10 Å². The number of aliphatic hydroxyl groups is 1. The summed E-state index contributed by atoms with van der Waals surface area (Å²) in [7, 11) is 0. The van der Waals surface area contributed by atoms with Crippen molar-refractivity contribution in [2.45, 2.75) is 251 Å². The molecule has 0 aliphatic carbocycles. The van der Waals surface area contributed by atoms with E-state index in [1.807, 2.05) is 0 Å². The first-order valence-corrected chi connectivity index (χ1v) is 27.4. The van der Waals surface area contributed by atoms with Gasteiger partial charge in [-0.2, -0.15) is 0 Å². The van der Waals surface area contributed by atoms with E-state index in [4.69, 9.17) is 9.47 Å². The Labute approximate surface area is 408 Å². The highest BCUT2D eigenvalue weighted by Gasteiger charge is 2.16. The van der Waals surface area contributed by atoms with Crippen molar-refractivity contribution in [2.75, 3.05) is 13.2 Å². The number of unbranched alkanes of at least 4 members (excludes halogenated alkanes) is 23. The van der Waals surface area contributed by atoms with Gasteiger partial charge in [0.2, 0.25) is 0 Å². The van der Waals surface area contributed by atoms with Crippen LogP contribution >= 0.6 is 0 Å². The van der Waals surface area contributed by atoms with Crippen LogP contribution in [0.2, 0.25) is 0 Å². The maximum Gasteiger partial charge on any atom is 0.306 e. The summed E-state index contributed by atoms with van der Waals surface area (Å²) in [6.07, 6.45) is 80.6. The smallest absolute Gasteiger partial charge is 0.306 e. The van der Waals surface area contributed by atoms with Gasteiger partial charge in [0.25, 0.3) is 0 Å². The predicted octanol–water partition coefficient (Wildman–Crippen LogP) is 18.5. The summed E-state index contributed by atoms with van der Waals surface area (Å²) in [4.78, 5) is 24.4. The third-order valence-electron chi connectivity index (χ3n) is 11.6. The molecule has 5 nitrogen and oxygen atoms in total. The first-order valence-electron chi connectivity index (χ1n) is 27.4. The van der Waals surface area contributed by atoms with Crippen LogP contribution in [0.4, 0.5) is 0 Å². The minimum absolute atomic E-state index is 0.0763. The quantitative estimate of drug-likeness (QED) is 0.0374. The molecule has 0 aromatic rings. The lowest BCUT2D eigenvalue weighted by molar-refractivity contribution is -0.161. The molecule has 0 amide bonds.